The van der Waals surface area contributed by atoms with E-state index in [0.717, 1.165) is 22.3 Å². The van der Waals surface area contributed by atoms with Crippen LogP contribution in [0.4, 0.5) is 0 Å². The zero-order valence-electron chi connectivity index (χ0n) is 14.6. The predicted octanol–water partition coefficient (Wildman–Crippen LogP) is 4.26. The van der Waals surface area contributed by atoms with Gasteiger partial charge in [-0.15, -0.1) is 0 Å². The Bertz CT molecular complexity index is 742. The molecule has 1 atom stereocenters. The van der Waals surface area contributed by atoms with Crippen LogP contribution in [0, 0.1) is 0 Å². The van der Waals surface area contributed by atoms with E-state index in [0.29, 0.717) is 6.42 Å². The summed E-state index contributed by atoms with van der Waals surface area (Å²) in [5, 5.41) is 0.209. The van der Waals surface area contributed by atoms with Gasteiger partial charge in [0.25, 0.3) is 0 Å². The molecule has 124 valence electrons. The fraction of sp³-hybridized carbons (Fsp3) is 0.286. The first kappa shape index (κ1) is 16.9. The van der Waals surface area contributed by atoms with E-state index < -0.39 is 9.76 Å². The Hall–Kier alpha value is -1.97. The topological polar surface area (TPSA) is 26.3 Å². The number of hydrogen-bond acceptors (Lipinski definition) is 2. The molecule has 0 heterocycles. The number of carbonyl (C=O) groups excluding carboxylic acids is 1. The number of benzene rings is 2. The van der Waals surface area contributed by atoms with E-state index in [-0.39, 0.29) is 16.9 Å². The molecule has 0 amide bonds. The lowest BCUT2D eigenvalue weighted by Gasteiger charge is -2.23. The highest BCUT2D eigenvalue weighted by Crippen LogP contribution is 2.40. The highest BCUT2D eigenvalue weighted by atomic mass is 28.2. The molecule has 1 aliphatic carbocycles. The van der Waals surface area contributed by atoms with Crippen molar-refractivity contribution >= 4 is 26.7 Å². The standard InChI is InChI=1S/C21H24O2Si/c1-21(2,3)24-23-18-14-17(22)19(15-10-6-4-7-11-15)20(18)16-12-8-5-9-13-16/h4-13,18H,14,24H2,1-3H3. The summed E-state index contributed by atoms with van der Waals surface area (Å²) in [6.45, 7) is 6.63. The first-order valence-corrected chi connectivity index (χ1v) is 9.74. The third kappa shape index (κ3) is 3.74. The van der Waals surface area contributed by atoms with Gasteiger partial charge in [-0.05, 0) is 21.7 Å². The largest absolute Gasteiger partial charge is 0.416 e. The average molecular weight is 337 g/mol. The Balaban J connectivity index is 2.06. The van der Waals surface area contributed by atoms with Crippen molar-refractivity contribution in [3.63, 3.8) is 0 Å². The summed E-state index contributed by atoms with van der Waals surface area (Å²) in [6.07, 6.45) is 0.346. The molecule has 3 rings (SSSR count). The third-order valence-electron chi connectivity index (χ3n) is 4.11. The lowest BCUT2D eigenvalue weighted by molar-refractivity contribution is -0.114. The van der Waals surface area contributed by atoms with Crippen LogP contribution in [-0.4, -0.2) is 21.7 Å². The fourth-order valence-electron chi connectivity index (χ4n) is 3.05. The maximum Gasteiger partial charge on any atom is 0.167 e. The fourth-order valence-corrected chi connectivity index (χ4v) is 4.03. The lowest BCUT2D eigenvalue weighted by Crippen LogP contribution is -2.21. The number of hydrogen-bond donors (Lipinski definition) is 0. The van der Waals surface area contributed by atoms with Gasteiger partial charge in [-0.1, -0.05) is 81.4 Å². The molecule has 0 N–H and O–H groups in total. The van der Waals surface area contributed by atoms with Crippen molar-refractivity contribution in [1.29, 1.82) is 0 Å². The van der Waals surface area contributed by atoms with Crippen LogP contribution < -0.4 is 0 Å². The highest BCUT2D eigenvalue weighted by Gasteiger charge is 2.34. The second-order valence-electron chi connectivity index (χ2n) is 7.51. The number of Topliss-reactive ketones (excluding diaryl/α,β-unsaturated/α-hetero) is 1. The molecule has 2 aromatic rings. The van der Waals surface area contributed by atoms with Crippen LogP contribution in [0.25, 0.3) is 11.1 Å². The molecule has 0 fully saturated rings. The number of ketones is 1. The molecular formula is C21H24O2Si. The first-order chi connectivity index (χ1) is 11.5. The highest BCUT2D eigenvalue weighted by molar-refractivity contribution is 6.35. The molecule has 3 heteroatoms. The minimum absolute atomic E-state index is 0.110. The summed E-state index contributed by atoms with van der Waals surface area (Å²) >= 11 is 0. The smallest absolute Gasteiger partial charge is 0.167 e. The molecule has 0 saturated heterocycles. The maximum atomic E-state index is 12.8. The molecule has 0 bridgehead atoms. The van der Waals surface area contributed by atoms with Crippen molar-refractivity contribution in [2.45, 2.75) is 38.3 Å². The summed E-state index contributed by atoms with van der Waals surface area (Å²) in [5.74, 6) is 0.188. The molecule has 0 saturated carbocycles. The Morgan fingerprint density at radius 2 is 1.46 bits per heavy atom. The van der Waals surface area contributed by atoms with Gasteiger partial charge in [0.15, 0.2) is 15.5 Å². The van der Waals surface area contributed by atoms with Crippen molar-refractivity contribution < 1.29 is 9.22 Å². The van der Waals surface area contributed by atoms with Crippen LogP contribution in [0.15, 0.2) is 60.7 Å². The molecule has 1 unspecified atom stereocenters. The predicted molar refractivity (Wildman–Crippen MR) is 102 cm³/mol. The van der Waals surface area contributed by atoms with Crippen molar-refractivity contribution in [2.24, 2.45) is 0 Å². The second kappa shape index (κ2) is 6.87. The van der Waals surface area contributed by atoms with E-state index in [2.05, 4.69) is 32.9 Å². The first-order valence-electron chi connectivity index (χ1n) is 8.45. The summed E-state index contributed by atoms with van der Waals surface area (Å²) in [4.78, 5) is 12.8. The van der Waals surface area contributed by atoms with Crippen LogP contribution in [0.2, 0.25) is 5.04 Å². The van der Waals surface area contributed by atoms with E-state index >= 15 is 0 Å². The van der Waals surface area contributed by atoms with E-state index in [1.165, 1.54) is 0 Å². The van der Waals surface area contributed by atoms with Gasteiger partial charge in [0.1, 0.15) is 0 Å². The molecule has 24 heavy (non-hydrogen) atoms. The quantitative estimate of drug-likeness (QED) is 0.780. The van der Waals surface area contributed by atoms with Gasteiger partial charge in [0.05, 0.1) is 6.10 Å². The summed E-state index contributed by atoms with van der Waals surface area (Å²) in [6, 6.07) is 20.2. The minimum Gasteiger partial charge on any atom is -0.416 e. The summed E-state index contributed by atoms with van der Waals surface area (Å²) in [5.41, 5.74) is 3.97. The molecule has 0 aromatic heterocycles. The van der Waals surface area contributed by atoms with Crippen LogP contribution in [-0.2, 0) is 9.22 Å². The van der Waals surface area contributed by atoms with E-state index in [9.17, 15) is 4.79 Å². The van der Waals surface area contributed by atoms with Gasteiger partial charge >= 0.3 is 0 Å². The van der Waals surface area contributed by atoms with Crippen molar-refractivity contribution in [1.82, 2.24) is 0 Å². The van der Waals surface area contributed by atoms with Crippen LogP contribution >= 0.6 is 0 Å². The van der Waals surface area contributed by atoms with Gasteiger partial charge < -0.3 is 4.43 Å². The molecule has 0 spiro atoms. The molecule has 2 aromatic carbocycles. The van der Waals surface area contributed by atoms with E-state index in [1.54, 1.807) is 0 Å². The molecular weight excluding hydrogens is 312 g/mol. The minimum atomic E-state index is -0.728. The van der Waals surface area contributed by atoms with Gasteiger partial charge in [0, 0.05) is 12.0 Å². The Labute approximate surface area is 146 Å². The van der Waals surface area contributed by atoms with Crippen molar-refractivity contribution in [3.8, 4) is 0 Å². The molecule has 1 aliphatic rings. The monoisotopic (exact) mass is 336 g/mol. The van der Waals surface area contributed by atoms with Crippen LogP contribution in [0.3, 0.4) is 0 Å². The van der Waals surface area contributed by atoms with Crippen LogP contribution in [0.5, 0.6) is 0 Å². The van der Waals surface area contributed by atoms with Crippen molar-refractivity contribution in [2.75, 3.05) is 0 Å². The SMILES string of the molecule is CC(C)(C)[SiH2]OC1CC(=O)C(c2ccccc2)=C1c1ccccc1. The summed E-state index contributed by atoms with van der Waals surface area (Å²) < 4.78 is 6.32. The van der Waals surface area contributed by atoms with Gasteiger partial charge in [-0.3, -0.25) is 4.79 Å². The van der Waals surface area contributed by atoms with E-state index in [1.807, 2.05) is 48.5 Å². The number of carbonyl (C=O) groups is 1. The second-order valence-corrected chi connectivity index (χ2v) is 10.3. The maximum absolute atomic E-state index is 12.8. The molecule has 2 nitrogen and oxygen atoms in total. The molecule has 0 radical (unpaired) electrons. The number of rotatable bonds is 4. The molecule has 0 aliphatic heterocycles. The number of allylic oxidation sites excluding steroid dienone is 1. The lowest BCUT2D eigenvalue weighted by atomic mass is 9.96. The Morgan fingerprint density at radius 1 is 0.917 bits per heavy atom. The van der Waals surface area contributed by atoms with Crippen molar-refractivity contribution in [3.05, 3.63) is 71.8 Å². The Kier molecular flexibility index (Phi) is 4.83. The average Bonchev–Trinajstić information content (AvgIpc) is 2.90. The van der Waals surface area contributed by atoms with Gasteiger partial charge in [-0.25, -0.2) is 0 Å². The van der Waals surface area contributed by atoms with E-state index in [4.69, 9.17) is 4.43 Å². The normalized spacial score (nSPS) is 18.8. The van der Waals surface area contributed by atoms with Gasteiger partial charge in [-0.2, -0.15) is 0 Å². The third-order valence-corrected chi connectivity index (χ3v) is 5.54. The Morgan fingerprint density at radius 3 is 2.00 bits per heavy atom. The van der Waals surface area contributed by atoms with Gasteiger partial charge in [0.2, 0.25) is 0 Å². The van der Waals surface area contributed by atoms with Crippen LogP contribution in [0.1, 0.15) is 38.3 Å². The summed E-state index contributed by atoms with van der Waals surface area (Å²) in [7, 11) is -0.728. The zero-order valence-corrected chi connectivity index (χ0v) is 16.0. The zero-order chi connectivity index (χ0) is 17.2.